The van der Waals surface area contributed by atoms with E-state index in [9.17, 15) is 18.0 Å². The van der Waals surface area contributed by atoms with Gasteiger partial charge in [0, 0.05) is 29.7 Å². The molecule has 10 heteroatoms. The van der Waals surface area contributed by atoms with Crippen molar-refractivity contribution in [2.24, 2.45) is 0 Å². The average molecular weight is 477 g/mol. The van der Waals surface area contributed by atoms with Crippen molar-refractivity contribution in [2.45, 2.75) is 19.4 Å². The molecule has 0 aliphatic carbocycles. The monoisotopic (exact) mass is 477 g/mol. The van der Waals surface area contributed by atoms with Crippen LogP contribution in [0.4, 0.5) is 18.9 Å². The van der Waals surface area contributed by atoms with Crippen LogP contribution >= 0.6 is 0 Å². The molecule has 35 heavy (non-hydrogen) atoms. The van der Waals surface area contributed by atoms with Crippen molar-refractivity contribution < 1.29 is 22.5 Å². The molecule has 0 unspecified atom stereocenters. The smallest absolute Gasteiger partial charge is 0.320 e. The maximum Gasteiger partial charge on any atom is 0.320 e. The molecule has 0 saturated carbocycles. The van der Waals surface area contributed by atoms with E-state index in [1.54, 1.807) is 48.5 Å². The highest BCUT2D eigenvalue weighted by Crippen LogP contribution is 2.30. The number of anilines is 1. The van der Waals surface area contributed by atoms with Gasteiger partial charge in [-0.15, -0.1) is 0 Å². The topological polar surface area (TPSA) is 85.8 Å². The lowest BCUT2D eigenvalue weighted by atomic mass is 10.2. The summed E-state index contributed by atoms with van der Waals surface area (Å²) in [7, 11) is 0. The van der Waals surface area contributed by atoms with Crippen LogP contribution in [0.3, 0.4) is 0 Å². The molecule has 0 atom stereocenters. The summed E-state index contributed by atoms with van der Waals surface area (Å²) >= 11 is 0. The van der Waals surface area contributed by atoms with E-state index < -0.39 is 6.55 Å². The summed E-state index contributed by atoms with van der Waals surface area (Å²) in [6.07, 6.45) is 0.310. The number of nitrogens with one attached hydrogen (secondary N) is 1. The highest BCUT2D eigenvalue weighted by Gasteiger charge is 2.19. The highest BCUT2D eigenvalue weighted by atomic mass is 19.3. The van der Waals surface area contributed by atoms with Gasteiger partial charge in [-0.3, -0.25) is 9.36 Å². The van der Waals surface area contributed by atoms with E-state index in [0.717, 1.165) is 4.57 Å². The molecular weight excluding hydrogens is 459 g/mol. The third kappa shape index (κ3) is 4.77. The maximum atomic E-state index is 13.7. The van der Waals surface area contributed by atoms with Crippen LogP contribution in [0.25, 0.3) is 33.8 Å². The van der Waals surface area contributed by atoms with Gasteiger partial charge in [0.2, 0.25) is 17.6 Å². The Morgan fingerprint density at radius 1 is 0.943 bits per heavy atom. The zero-order valence-corrected chi connectivity index (χ0v) is 18.2. The number of carbonyl (C=O) groups excluding carboxylic acids is 1. The Hall–Kier alpha value is -4.47. The molecule has 5 aromatic rings. The molecule has 0 fully saturated rings. The van der Waals surface area contributed by atoms with Crippen molar-refractivity contribution in [1.82, 2.24) is 19.7 Å². The van der Waals surface area contributed by atoms with Crippen molar-refractivity contribution in [1.29, 1.82) is 0 Å². The lowest BCUT2D eigenvalue weighted by Crippen LogP contribution is -2.12. The molecule has 2 aromatic heterocycles. The van der Waals surface area contributed by atoms with E-state index in [4.69, 9.17) is 4.52 Å². The normalized spacial score (nSPS) is 11.3. The number of aryl methyl sites for hydroxylation is 1. The Balaban J connectivity index is 1.23. The molecule has 0 spiro atoms. The van der Waals surface area contributed by atoms with Gasteiger partial charge in [0.1, 0.15) is 11.6 Å². The molecule has 0 radical (unpaired) electrons. The van der Waals surface area contributed by atoms with Gasteiger partial charge in [-0.05, 0) is 60.7 Å². The fourth-order valence-corrected chi connectivity index (χ4v) is 3.66. The Bertz CT molecular complexity index is 1480. The lowest BCUT2D eigenvalue weighted by Gasteiger charge is -2.09. The second kappa shape index (κ2) is 9.41. The van der Waals surface area contributed by atoms with Gasteiger partial charge in [0.15, 0.2) is 0 Å². The first-order valence-corrected chi connectivity index (χ1v) is 10.7. The average Bonchev–Trinajstić information content (AvgIpc) is 3.49. The van der Waals surface area contributed by atoms with Gasteiger partial charge < -0.3 is 9.84 Å². The number of aromatic nitrogens is 4. The van der Waals surface area contributed by atoms with Crippen LogP contribution in [-0.2, 0) is 11.2 Å². The Morgan fingerprint density at radius 2 is 1.66 bits per heavy atom. The van der Waals surface area contributed by atoms with E-state index in [2.05, 4.69) is 20.4 Å². The number of rotatable bonds is 7. The maximum absolute atomic E-state index is 13.7. The summed E-state index contributed by atoms with van der Waals surface area (Å²) in [5.74, 6) is 0.0907. The number of hydrogen-bond acceptors (Lipinski definition) is 5. The molecule has 0 saturated heterocycles. The molecule has 5 rings (SSSR count). The number of alkyl halides is 2. The summed E-state index contributed by atoms with van der Waals surface area (Å²) < 4.78 is 46.5. The van der Waals surface area contributed by atoms with E-state index in [1.165, 1.54) is 24.3 Å². The molecule has 0 aliphatic rings. The molecule has 1 N–H and O–H groups in total. The van der Waals surface area contributed by atoms with Crippen LogP contribution < -0.4 is 5.32 Å². The zero-order chi connectivity index (χ0) is 24.4. The van der Waals surface area contributed by atoms with Crippen LogP contribution in [-0.4, -0.2) is 25.6 Å². The third-order valence-electron chi connectivity index (χ3n) is 5.35. The number of nitrogens with zero attached hydrogens (tertiary/aromatic N) is 4. The van der Waals surface area contributed by atoms with Gasteiger partial charge in [-0.1, -0.05) is 17.3 Å². The first-order valence-electron chi connectivity index (χ1n) is 10.7. The Kier molecular flexibility index (Phi) is 6.01. The van der Waals surface area contributed by atoms with Crippen molar-refractivity contribution in [3.63, 3.8) is 0 Å². The van der Waals surface area contributed by atoms with Crippen LogP contribution in [0.15, 0.2) is 77.3 Å². The minimum absolute atomic E-state index is 0.0913. The summed E-state index contributed by atoms with van der Waals surface area (Å²) in [5, 5.41) is 6.60. The van der Waals surface area contributed by atoms with Crippen molar-refractivity contribution in [3.05, 3.63) is 84.5 Å². The number of benzene rings is 3. The molecule has 3 aromatic carbocycles. The van der Waals surface area contributed by atoms with Gasteiger partial charge in [-0.25, -0.2) is 9.37 Å². The summed E-state index contributed by atoms with van der Waals surface area (Å²) in [6.45, 7) is -2.75. The molecule has 0 bridgehead atoms. The number of imidazole rings is 1. The quantitative estimate of drug-likeness (QED) is 0.317. The van der Waals surface area contributed by atoms with Crippen LogP contribution in [0.1, 0.15) is 18.9 Å². The molecule has 2 heterocycles. The van der Waals surface area contributed by atoms with Crippen molar-refractivity contribution >= 4 is 22.6 Å². The summed E-state index contributed by atoms with van der Waals surface area (Å²) in [6, 6.07) is 18.9. The molecule has 7 nitrogen and oxygen atoms in total. The number of fused-ring (bicyclic) bond motifs is 1. The second-order valence-corrected chi connectivity index (χ2v) is 7.72. The Morgan fingerprint density at radius 3 is 2.40 bits per heavy atom. The van der Waals surface area contributed by atoms with E-state index in [0.29, 0.717) is 33.7 Å². The van der Waals surface area contributed by atoms with E-state index in [-0.39, 0.29) is 36.3 Å². The third-order valence-corrected chi connectivity index (χ3v) is 5.35. The molecule has 1 amide bonds. The SMILES string of the molecule is O=C(CCc1nc(-c2ccc(F)cc2)no1)Nc1ccc(-c2nc3ccccc3n2C(F)F)cc1. The van der Waals surface area contributed by atoms with Gasteiger partial charge >= 0.3 is 6.55 Å². The van der Waals surface area contributed by atoms with Crippen molar-refractivity contribution in [3.8, 4) is 22.8 Å². The number of para-hydroxylation sites is 2. The van der Waals surface area contributed by atoms with Crippen molar-refractivity contribution in [2.75, 3.05) is 5.32 Å². The molecular formula is C25H18F3N5O2. The lowest BCUT2D eigenvalue weighted by molar-refractivity contribution is -0.116. The van der Waals surface area contributed by atoms with Gasteiger partial charge in [0.05, 0.1) is 11.0 Å². The largest absolute Gasteiger partial charge is 0.339 e. The first-order chi connectivity index (χ1) is 17.0. The van der Waals surface area contributed by atoms with Crippen LogP contribution in [0.2, 0.25) is 0 Å². The standard InChI is InChI=1S/C25H18F3N5O2/c26-17-9-5-15(6-10-17)23-31-22(35-32-23)14-13-21(34)29-18-11-7-16(8-12-18)24-30-19-3-1-2-4-20(19)33(24)25(27)28/h1-12,25H,13-14H2,(H,29,34). The Labute approximate surface area is 197 Å². The summed E-state index contributed by atoms with van der Waals surface area (Å²) in [5.41, 5.74) is 2.43. The van der Waals surface area contributed by atoms with E-state index >= 15 is 0 Å². The minimum atomic E-state index is -2.75. The van der Waals surface area contributed by atoms with Crippen LogP contribution in [0.5, 0.6) is 0 Å². The molecule has 0 aliphatic heterocycles. The predicted octanol–water partition coefficient (Wildman–Crippen LogP) is 5.86. The first kappa shape index (κ1) is 22.3. The predicted molar refractivity (Wildman–Crippen MR) is 123 cm³/mol. The number of carbonyl (C=O) groups is 1. The number of hydrogen-bond donors (Lipinski definition) is 1. The highest BCUT2D eigenvalue weighted by molar-refractivity contribution is 5.91. The number of amides is 1. The second-order valence-electron chi connectivity index (χ2n) is 7.72. The van der Waals surface area contributed by atoms with E-state index in [1.807, 2.05) is 0 Å². The van der Waals surface area contributed by atoms with Gasteiger partial charge in [-0.2, -0.15) is 13.8 Å². The van der Waals surface area contributed by atoms with Crippen LogP contribution in [0, 0.1) is 5.82 Å². The fraction of sp³-hybridized carbons (Fsp3) is 0.120. The van der Waals surface area contributed by atoms with Gasteiger partial charge in [0.25, 0.3) is 0 Å². The zero-order valence-electron chi connectivity index (χ0n) is 18.2. The summed E-state index contributed by atoms with van der Waals surface area (Å²) in [4.78, 5) is 20.9. The number of halogens is 3. The minimum Gasteiger partial charge on any atom is -0.339 e. The fourth-order valence-electron chi connectivity index (χ4n) is 3.66. The molecule has 176 valence electrons.